The second-order valence-corrected chi connectivity index (χ2v) is 7.88. The smallest absolute Gasteiger partial charge is 0.277 e. The van der Waals surface area contributed by atoms with Gasteiger partial charge in [0.2, 0.25) is 5.91 Å². The van der Waals surface area contributed by atoms with Gasteiger partial charge in [-0.15, -0.1) is 5.10 Å². The Bertz CT molecular complexity index is 1080. The number of fused-ring (bicyclic) bond motifs is 1. The van der Waals surface area contributed by atoms with Gasteiger partial charge < -0.3 is 4.90 Å². The third kappa shape index (κ3) is 4.74. The highest BCUT2D eigenvalue weighted by Gasteiger charge is 2.19. The Hall–Kier alpha value is -3.06. The number of aryl methyl sites for hydroxylation is 2. The Labute approximate surface area is 175 Å². The molecule has 1 aliphatic heterocycles. The quantitative estimate of drug-likeness (QED) is 0.651. The topological polar surface area (TPSA) is 71.3 Å². The fourth-order valence-electron chi connectivity index (χ4n) is 3.86. The van der Waals surface area contributed by atoms with Gasteiger partial charge in [-0.05, 0) is 31.0 Å². The molecule has 156 valence electrons. The van der Waals surface area contributed by atoms with Crippen molar-refractivity contribution in [3.63, 3.8) is 0 Å². The third-order valence-electron chi connectivity index (χ3n) is 5.63. The second-order valence-electron chi connectivity index (χ2n) is 7.88. The van der Waals surface area contributed by atoms with Crippen LogP contribution in [0.5, 0.6) is 0 Å². The van der Waals surface area contributed by atoms with Crippen molar-refractivity contribution in [1.29, 1.82) is 0 Å². The maximum absolute atomic E-state index is 12.7. The van der Waals surface area contributed by atoms with Crippen LogP contribution in [-0.2, 0) is 17.9 Å². The highest BCUT2D eigenvalue weighted by atomic mass is 16.2. The minimum Gasteiger partial charge on any atom is -0.341 e. The molecule has 2 aromatic carbocycles. The summed E-state index contributed by atoms with van der Waals surface area (Å²) >= 11 is 0. The Morgan fingerprint density at radius 2 is 1.80 bits per heavy atom. The van der Waals surface area contributed by atoms with Crippen LogP contribution in [0.25, 0.3) is 10.9 Å². The SMILES string of the molecule is Cc1ccc(CN2CCCN(C(=O)CCn3nnc4ccccc4c3=O)CC2)cc1. The Morgan fingerprint density at radius 1 is 1.00 bits per heavy atom. The first-order valence-corrected chi connectivity index (χ1v) is 10.5. The van der Waals surface area contributed by atoms with E-state index in [9.17, 15) is 9.59 Å². The summed E-state index contributed by atoms with van der Waals surface area (Å²) in [5.74, 6) is 0.0639. The van der Waals surface area contributed by atoms with Crippen molar-refractivity contribution in [3.8, 4) is 0 Å². The Balaban J connectivity index is 1.32. The highest BCUT2D eigenvalue weighted by molar-refractivity contribution is 5.77. The van der Waals surface area contributed by atoms with Crippen molar-refractivity contribution in [2.24, 2.45) is 0 Å². The maximum Gasteiger partial charge on any atom is 0.277 e. The first-order chi connectivity index (χ1) is 14.6. The number of carbonyl (C=O) groups excluding carboxylic acids is 1. The first kappa shape index (κ1) is 20.2. The van der Waals surface area contributed by atoms with Crippen molar-refractivity contribution >= 4 is 16.8 Å². The molecule has 2 heterocycles. The van der Waals surface area contributed by atoms with E-state index in [1.165, 1.54) is 15.8 Å². The van der Waals surface area contributed by atoms with Gasteiger partial charge in [0, 0.05) is 39.1 Å². The third-order valence-corrected chi connectivity index (χ3v) is 5.63. The lowest BCUT2D eigenvalue weighted by Gasteiger charge is -2.22. The summed E-state index contributed by atoms with van der Waals surface area (Å²) in [5.41, 5.74) is 2.94. The second kappa shape index (κ2) is 9.17. The standard InChI is InChI=1S/C23H27N5O2/c1-18-7-9-19(10-8-18)17-26-12-4-13-27(16-15-26)22(29)11-14-28-23(30)20-5-2-3-6-21(20)24-25-28/h2-3,5-10H,4,11-17H2,1H3. The zero-order chi connectivity index (χ0) is 20.9. The maximum atomic E-state index is 12.7. The van der Waals surface area contributed by atoms with E-state index >= 15 is 0 Å². The summed E-state index contributed by atoms with van der Waals surface area (Å²) in [6, 6.07) is 15.8. The number of hydrogen-bond donors (Lipinski definition) is 0. The lowest BCUT2D eigenvalue weighted by molar-refractivity contribution is -0.131. The van der Waals surface area contributed by atoms with Crippen molar-refractivity contribution in [3.05, 3.63) is 70.0 Å². The average Bonchev–Trinajstić information content (AvgIpc) is 3.00. The van der Waals surface area contributed by atoms with Crippen molar-refractivity contribution in [2.45, 2.75) is 32.9 Å². The van der Waals surface area contributed by atoms with Crippen molar-refractivity contribution in [1.82, 2.24) is 24.8 Å². The molecule has 0 radical (unpaired) electrons. The molecule has 0 saturated carbocycles. The summed E-state index contributed by atoms with van der Waals surface area (Å²) in [7, 11) is 0. The molecule has 3 aromatic rings. The van der Waals surface area contributed by atoms with Gasteiger partial charge in [-0.3, -0.25) is 14.5 Å². The molecule has 7 heteroatoms. The minimum absolute atomic E-state index is 0.0639. The van der Waals surface area contributed by atoms with Crippen molar-refractivity contribution in [2.75, 3.05) is 26.2 Å². The summed E-state index contributed by atoms with van der Waals surface area (Å²) in [4.78, 5) is 29.6. The van der Waals surface area contributed by atoms with E-state index in [-0.39, 0.29) is 24.4 Å². The number of aromatic nitrogens is 3. The van der Waals surface area contributed by atoms with E-state index in [4.69, 9.17) is 0 Å². The molecule has 0 spiro atoms. The number of hydrogen-bond acceptors (Lipinski definition) is 5. The number of amides is 1. The molecule has 0 unspecified atom stereocenters. The van der Waals surface area contributed by atoms with E-state index in [0.29, 0.717) is 17.4 Å². The van der Waals surface area contributed by atoms with E-state index in [1.54, 1.807) is 18.2 Å². The van der Waals surface area contributed by atoms with Gasteiger partial charge in [-0.2, -0.15) is 0 Å². The molecule has 0 atom stereocenters. The number of rotatable bonds is 5. The van der Waals surface area contributed by atoms with Gasteiger partial charge in [0.15, 0.2) is 0 Å². The Kier molecular flexibility index (Phi) is 6.18. The normalized spacial score (nSPS) is 15.3. The molecule has 0 bridgehead atoms. The van der Waals surface area contributed by atoms with Gasteiger partial charge >= 0.3 is 0 Å². The molecular weight excluding hydrogens is 378 g/mol. The minimum atomic E-state index is -0.200. The van der Waals surface area contributed by atoms with E-state index in [2.05, 4.69) is 46.4 Å². The molecule has 0 aliphatic carbocycles. The largest absolute Gasteiger partial charge is 0.341 e. The van der Waals surface area contributed by atoms with Crippen LogP contribution < -0.4 is 5.56 Å². The number of benzene rings is 2. The van der Waals surface area contributed by atoms with Crippen LogP contribution in [0, 0.1) is 6.92 Å². The van der Waals surface area contributed by atoms with Gasteiger partial charge in [-0.25, -0.2) is 4.68 Å². The molecule has 0 N–H and O–H groups in total. The summed E-state index contributed by atoms with van der Waals surface area (Å²) in [6.07, 6.45) is 1.21. The fourth-order valence-corrected chi connectivity index (χ4v) is 3.86. The fraction of sp³-hybridized carbons (Fsp3) is 0.391. The number of nitrogens with zero attached hydrogens (tertiary/aromatic N) is 5. The molecule has 1 saturated heterocycles. The summed E-state index contributed by atoms with van der Waals surface area (Å²) in [6.45, 7) is 6.55. The summed E-state index contributed by atoms with van der Waals surface area (Å²) < 4.78 is 1.29. The molecule has 1 fully saturated rings. The monoisotopic (exact) mass is 405 g/mol. The zero-order valence-corrected chi connectivity index (χ0v) is 17.3. The van der Waals surface area contributed by atoms with Crippen LogP contribution in [-0.4, -0.2) is 56.9 Å². The van der Waals surface area contributed by atoms with Gasteiger partial charge in [-0.1, -0.05) is 47.2 Å². The summed E-state index contributed by atoms with van der Waals surface area (Å²) in [5, 5.41) is 8.60. The Morgan fingerprint density at radius 3 is 2.63 bits per heavy atom. The van der Waals surface area contributed by atoms with Gasteiger partial charge in [0.25, 0.3) is 5.56 Å². The van der Waals surface area contributed by atoms with Gasteiger partial charge in [0.1, 0.15) is 5.52 Å². The van der Waals surface area contributed by atoms with Crippen LogP contribution in [0.3, 0.4) is 0 Å². The lowest BCUT2D eigenvalue weighted by atomic mass is 10.1. The molecule has 4 rings (SSSR count). The first-order valence-electron chi connectivity index (χ1n) is 10.5. The van der Waals surface area contributed by atoms with E-state index in [0.717, 1.165) is 32.6 Å². The van der Waals surface area contributed by atoms with Crippen LogP contribution in [0.2, 0.25) is 0 Å². The predicted molar refractivity (Wildman–Crippen MR) is 116 cm³/mol. The number of carbonyl (C=O) groups is 1. The highest BCUT2D eigenvalue weighted by Crippen LogP contribution is 2.11. The van der Waals surface area contributed by atoms with E-state index in [1.807, 2.05) is 11.0 Å². The zero-order valence-electron chi connectivity index (χ0n) is 17.3. The van der Waals surface area contributed by atoms with Crippen LogP contribution in [0.4, 0.5) is 0 Å². The van der Waals surface area contributed by atoms with Crippen LogP contribution in [0.15, 0.2) is 53.3 Å². The van der Waals surface area contributed by atoms with E-state index < -0.39 is 0 Å². The molecular formula is C23H27N5O2. The van der Waals surface area contributed by atoms with Crippen molar-refractivity contribution < 1.29 is 4.79 Å². The van der Waals surface area contributed by atoms with Gasteiger partial charge in [0.05, 0.1) is 11.9 Å². The lowest BCUT2D eigenvalue weighted by Crippen LogP contribution is -2.36. The molecule has 1 amide bonds. The van der Waals surface area contributed by atoms with Crippen LogP contribution in [0.1, 0.15) is 24.0 Å². The van der Waals surface area contributed by atoms with Crippen LogP contribution >= 0.6 is 0 Å². The average molecular weight is 406 g/mol. The molecule has 1 aliphatic rings. The molecule has 7 nitrogen and oxygen atoms in total. The molecule has 1 aromatic heterocycles. The predicted octanol–water partition coefficient (Wildman–Crippen LogP) is 2.22. The molecule has 30 heavy (non-hydrogen) atoms.